The molecule has 0 heterocycles. The summed E-state index contributed by atoms with van der Waals surface area (Å²) in [6.07, 6.45) is -0.253. The highest BCUT2D eigenvalue weighted by Gasteiger charge is 2.38. The van der Waals surface area contributed by atoms with Gasteiger partial charge in [-0.1, -0.05) is 18.9 Å². The number of carboxylic acids is 1. The number of ether oxygens (including phenoxy) is 1. The summed E-state index contributed by atoms with van der Waals surface area (Å²) in [5.74, 6) is -4.61. The number of nitrogens with two attached hydrogens (primary N) is 1. The van der Waals surface area contributed by atoms with Crippen LogP contribution in [0.5, 0.6) is 5.75 Å². The van der Waals surface area contributed by atoms with Crippen LogP contribution in [0.4, 0.5) is 13.2 Å². The third-order valence-electron chi connectivity index (χ3n) is 4.07. The van der Waals surface area contributed by atoms with E-state index in [1.807, 2.05) is 0 Å². The molecule has 0 unspecified atom stereocenters. The number of phenols is 1. The average Bonchev–Trinajstić information content (AvgIpc) is 2.71. The fourth-order valence-electron chi connectivity index (χ4n) is 2.53. The standard InChI is InChI=1S/C18H22N2O5.C2HF3O2/c19-8-3-1-2-4-9-20-16(23)11-25-15-10-14(22)17-12(18(15)24)6-5-7-13(17)21;3-2(4,5)1(6)7/h5-7,10,21H,1-4,8-9,11,19H2,(H,20,23);(H,6,7). The lowest BCUT2D eigenvalue weighted by Crippen LogP contribution is -2.29. The van der Waals surface area contributed by atoms with Crippen molar-refractivity contribution in [2.75, 3.05) is 19.7 Å². The minimum atomic E-state index is -5.08. The molecule has 1 aromatic carbocycles. The van der Waals surface area contributed by atoms with Crippen LogP contribution in [0.25, 0.3) is 0 Å². The molecular weight excluding hydrogens is 437 g/mol. The molecule has 0 atom stereocenters. The number of ketones is 2. The van der Waals surface area contributed by atoms with Gasteiger partial charge in [0, 0.05) is 18.2 Å². The number of allylic oxidation sites excluding steroid dienone is 2. The number of fused-ring (bicyclic) bond motifs is 1. The van der Waals surface area contributed by atoms with Gasteiger partial charge in [-0.3, -0.25) is 14.4 Å². The smallest absolute Gasteiger partial charge is 0.490 e. The molecule has 32 heavy (non-hydrogen) atoms. The van der Waals surface area contributed by atoms with Gasteiger partial charge in [0.15, 0.2) is 18.1 Å². The van der Waals surface area contributed by atoms with Gasteiger partial charge in [-0.15, -0.1) is 0 Å². The first-order valence-electron chi connectivity index (χ1n) is 9.51. The van der Waals surface area contributed by atoms with Crippen molar-refractivity contribution in [2.45, 2.75) is 31.9 Å². The van der Waals surface area contributed by atoms with Crippen molar-refractivity contribution in [1.29, 1.82) is 0 Å². The summed E-state index contributed by atoms with van der Waals surface area (Å²) in [6.45, 7) is 0.847. The van der Waals surface area contributed by atoms with E-state index in [2.05, 4.69) is 5.32 Å². The van der Waals surface area contributed by atoms with Crippen LogP contribution in [0.15, 0.2) is 30.0 Å². The maximum absolute atomic E-state index is 12.3. The molecule has 1 aromatic rings. The second-order valence-corrected chi connectivity index (χ2v) is 6.55. The number of amides is 1. The fraction of sp³-hybridized carbons (Fsp3) is 0.400. The van der Waals surface area contributed by atoms with Gasteiger partial charge in [-0.05, 0) is 31.5 Å². The Morgan fingerprint density at radius 1 is 1.09 bits per heavy atom. The normalized spacial score (nSPS) is 12.8. The molecule has 0 spiro atoms. The van der Waals surface area contributed by atoms with Crippen molar-refractivity contribution < 1.29 is 47.3 Å². The van der Waals surface area contributed by atoms with Gasteiger partial charge >= 0.3 is 12.1 Å². The highest BCUT2D eigenvalue weighted by atomic mass is 19.4. The van der Waals surface area contributed by atoms with Crippen LogP contribution < -0.4 is 11.1 Å². The van der Waals surface area contributed by atoms with E-state index < -0.39 is 23.7 Å². The van der Waals surface area contributed by atoms with Crippen LogP contribution in [0.2, 0.25) is 0 Å². The minimum absolute atomic E-state index is 0.0400. The molecule has 5 N–H and O–H groups in total. The van der Waals surface area contributed by atoms with E-state index in [1.54, 1.807) is 0 Å². The van der Waals surface area contributed by atoms with Crippen LogP contribution in [0.1, 0.15) is 46.4 Å². The number of alkyl halides is 3. The Morgan fingerprint density at radius 2 is 1.72 bits per heavy atom. The molecule has 0 aromatic heterocycles. The van der Waals surface area contributed by atoms with Gasteiger partial charge in [0.05, 0.1) is 5.56 Å². The van der Waals surface area contributed by atoms with Crippen LogP contribution in [0, 0.1) is 0 Å². The SMILES string of the molecule is NCCCCCCNC(=O)COC1=CC(=O)c2c(O)cccc2C1=O.O=C(O)C(F)(F)F. The Balaban J connectivity index is 0.000000633. The number of aromatic hydroxyl groups is 1. The van der Waals surface area contributed by atoms with Crippen molar-refractivity contribution in [3.63, 3.8) is 0 Å². The number of carboxylic acid groups (broad SMARTS) is 1. The molecule has 0 saturated carbocycles. The number of unbranched alkanes of at least 4 members (excludes halogenated alkanes) is 3. The summed E-state index contributed by atoms with van der Waals surface area (Å²) in [5.41, 5.74) is 5.44. The van der Waals surface area contributed by atoms with Crippen molar-refractivity contribution in [1.82, 2.24) is 5.32 Å². The fourth-order valence-corrected chi connectivity index (χ4v) is 2.53. The zero-order valence-electron chi connectivity index (χ0n) is 16.9. The van der Waals surface area contributed by atoms with Crippen LogP contribution in [0.3, 0.4) is 0 Å². The average molecular weight is 460 g/mol. The zero-order valence-corrected chi connectivity index (χ0v) is 16.9. The van der Waals surface area contributed by atoms with Crippen molar-refractivity contribution in [2.24, 2.45) is 5.73 Å². The van der Waals surface area contributed by atoms with Gasteiger partial charge in [-0.25, -0.2) is 4.79 Å². The Labute approximate surface area is 181 Å². The van der Waals surface area contributed by atoms with Crippen molar-refractivity contribution >= 4 is 23.4 Å². The Hall–Kier alpha value is -3.41. The van der Waals surface area contributed by atoms with Gasteiger partial charge in [0.2, 0.25) is 5.78 Å². The summed E-state index contributed by atoms with van der Waals surface area (Å²) in [7, 11) is 0. The number of aliphatic carboxylic acids is 1. The summed E-state index contributed by atoms with van der Waals surface area (Å²) in [4.78, 5) is 45.0. The van der Waals surface area contributed by atoms with E-state index in [9.17, 15) is 32.7 Å². The number of Topliss-reactive ketones (excluding diaryl/α,β-unsaturated/α-hetero) is 1. The maximum Gasteiger partial charge on any atom is 0.490 e. The molecule has 0 radical (unpaired) electrons. The Bertz CT molecular complexity index is 882. The number of hydrogen-bond donors (Lipinski definition) is 4. The number of phenolic OH excluding ortho intramolecular Hbond substituents is 1. The maximum atomic E-state index is 12.3. The number of nitrogens with one attached hydrogen (secondary N) is 1. The van der Waals surface area contributed by atoms with Gasteiger partial charge in [-0.2, -0.15) is 13.2 Å². The van der Waals surface area contributed by atoms with E-state index in [1.165, 1.54) is 18.2 Å². The van der Waals surface area contributed by atoms with Crippen molar-refractivity contribution in [3.8, 4) is 5.75 Å². The first-order valence-corrected chi connectivity index (χ1v) is 9.51. The van der Waals surface area contributed by atoms with Crippen LogP contribution in [-0.2, 0) is 14.3 Å². The van der Waals surface area contributed by atoms with Crippen LogP contribution in [-0.4, -0.2) is 59.5 Å². The lowest BCUT2D eigenvalue weighted by atomic mass is 9.93. The Kier molecular flexibility index (Phi) is 10.4. The molecule has 0 saturated heterocycles. The quantitative estimate of drug-likeness (QED) is 0.408. The molecule has 9 nitrogen and oxygen atoms in total. The number of halogens is 3. The van der Waals surface area contributed by atoms with Gasteiger partial charge in [0.1, 0.15) is 5.75 Å². The third kappa shape index (κ3) is 8.38. The first-order chi connectivity index (χ1) is 15.0. The molecule has 0 aliphatic heterocycles. The molecule has 0 fully saturated rings. The second-order valence-electron chi connectivity index (χ2n) is 6.55. The predicted octanol–water partition coefficient (Wildman–Crippen LogP) is 1.94. The van der Waals surface area contributed by atoms with Crippen LogP contribution >= 0.6 is 0 Å². The number of rotatable bonds is 9. The molecule has 1 aliphatic rings. The predicted molar refractivity (Wildman–Crippen MR) is 105 cm³/mol. The van der Waals surface area contributed by atoms with Crippen molar-refractivity contribution in [3.05, 3.63) is 41.2 Å². The van der Waals surface area contributed by atoms with E-state index in [-0.39, 0.29) is 35.1 Å². The van der Waals surface area contributed by atoms with E-state index in [0.717, 1.165) is 31.8 Å². The number of carbonyl (C=O) groups is 4. The number of hydrogen-bond acceptors (Lipinski definition) is 7. The highest BCUT2D eigenvalue weighted by Crippen LogP contribution is 2.28. The summed E-state index contributed by atoms with van der Waals surface area (Å²) >= 11 is 0. The molecule has 2 rings (SSSR count). The molecule has 12 heteroatoms. The molecular formula is C20H23F3N2O7. The van der Waals surface area contributed by atoms with Gasteiger partial charge in [0.25, 0.3) is 5.91 Å². The lowest BCUT2D eigenvalue weighted by molar-refractivity contribution is -0.192. The third-order valence-corrected chi connectivity index (χ3v) is 4.07. The first kappa shape index (κ1) is 26.6. The topological polar surface area (TPSA) is 156 Å². The monoisotopic (exact) mass is 460 g/mol. The largest absolute Gasteiger partial charge is 0.507 e. The summed E-state index contributed by atoms with van der Waals surface area (Å²) in [6, 6.07) is 4.25. The molecule has 0 bridgehead atoms. The van der Waals surface area contributed by atoms with E-state index in [4.69, 9.17) is 20.4 Å². The van der Waals surface area contributed by atoms with E-state index in [0.29, 0.717) is 13.1 Å². The summed E-state index contributed by atoms with van der Waals surface area (Å²) in [5, 5.41) is 19.5. The van der Waals surface area contributed by atoms with Gasteiger partial charge < -0.3 is 26.0 Å². The zero-order chi connectivity index (χ0) is 24.3. The number of benzene rings is 1. The molecule has 176 valence electrons. The molecule has 1 aliphatic carbocycles. The highest BCUT2D eigenvalue weighted by molar-refractivity contribution is 6.24. The second kappa shape index (κ2) is 12.4. The molecule has 1 amide bonds. The minimum Gasteiger partial charge on any atom is -0.507 e. The Morgan fingerprint density at radius 3 is 2.31 bits per heavy atom. The summed E-state index contributed by atoms with van der Waals surface area (Å²) < 4.78 is 36.9. The number of carbonyl (C=O) groups excluding carboxylic acids is 3. The lowest BCUT2D eigenvalue weighted by Gasteiger charge is -2.16. The van der Waals surface area contributed by atoms with E-state index >= 15 is 0 Å².